The number of ether oxygens (including phenoxy) is 1. The van der Waals surface area contributed by atoms with Gasteiger partial charge in [-0.2, -0.15) is 0 Å². The van der Waals surface area contributed by atoms with Gasteiger partial charge in [0.2, 0.25) is 0 Å². The molecule has 0 saturated heterocycles. The molecule has 0 saturated carbocycles. The van der Waals surface area contributed by atoms with Crippen LogP contribution in [0.1, 0.15) is 29.8 Å². The molecule has 1 amide bonds. The van der Waals surface area contributed by atoms with Crippen molar-refractivity contribution in [3.8, 4) is 0 Å². The summed E-state index contributed by atoms with van der Waals surface area (Å²) in [5.41, 5.74) is 6.00. The smallest absolute Gasteiger partial charge is 0.338 e. The van der Waals surface area contributed by atoms with Crippen molar-refractivity contribution in [2.75, 3.05) is 18.9 Å². The van der Waals surface area contributed by atoms with Gasteiger partial charge in [-0.1, -0.05) is 13.8 Å². The Balaban J connectivity index is 2.57. The van der Waals surface area contributed by atoms with Crippen LogP contribution in [-0.2, 0) is 9.53 Å². The standard InChI is InChI=1S/C14H19FN2O3/c1-8(2)6-17-13(18)7-20-14(19)10-4-11(15)9(3)12(16)5-10/h4-5,8H,6-7,16H2,1-3H3,(H,17,18). The van der Waals surface area contributed by atoms with Crippen LogP contribution in [0.4, 0.5) is 10.1 Å². The van der Waals surface area contributed by atoms with Gasteiger partial charge in [0.25, 0.3) is 5.91 Å². The van der Waals surface area contributed by atoms with Gasteiger partial charge < -0.3 is 15.8 Å². The first-order valence-electron chi connectivity index (χ1n) is 6.30. The summed E-state index contributed by atoms with van der Waals surface area (Å²) in [6.45, 7) is 5.51. The monoisotopic (exact) mass is 282 g/mol. The number of nitrogen functional groups attached to an aromatic ring is 1. The number of anilines is 1. The molecule has 0 aliphatic heterocycles. The van der Waals surface area contributed by atoms with E-state index in [0.717, 1.165) is 6.07 Å². The van der Waals surface area contributed by atoms with Crippen molar-refractivity contribution in [3.63, 3.8) is 0 Å². The summed E-state index contributed by atoms with van der Waals surface area (Å²) < 4.78 is 18.2. The molecule has 3 N–H and O–H groups in total. The van der Waals surface area contributed by atoms with Crippen LogP contribution in [0.25, 0.3) is 0 Å². The van der Waals surface area contributed by atoms with Gasteiger partial charge in [0.1, 0.15) is 5.82 Å². The van der Waals surface area contributed by atoms with E-state index in [1.807, 2.05) is 13.8 Å². The van der Waals surface area contributed by atoms with Crippen molar-refractivity contribution in [1.29, 1.82) is 0 Å². The third-order valence-corrected chi connectivity index (χ3v) is 2.66. The lowest BCUT2D eigenvalue weighted by Gasteiger charge is -2.09. The van der Waals surface area contributed by atoms with Crippen LogP contribution in [0.3, 0.4) is 0 Å². The van der Waals surface area contributed by atoms with Gasteiger partial charge in [-0.15, -0.1) is 0 Å². The molecule has 0 aromatic heterocycles. The number of benzene rings is 1. The molecule has 0 heterocycles. The number of rotatable bonds is 5. The summed E-state index contributed by atoms with van der Waals surface area (Å²) in [6, 6.07) is 2.37. The topological polar surface area (TPSA) is 81.4 Å². The Morgan fingerprint density at radius 3 is 2.60 bits per heavy atom. The van der Waals surface area contributed by atoms with Crippen molar-refractivity contribution in [1.82, 2.24) is 5.32 Å². The van der Waals surface area contributed by atoms with Gasteiger partial charge in [-0.05, 0) is 25.0 Å². The number of nitrogens with two attached hydrogens (primary N) is 1. The van der Waals surface area contributed by atoms with E-state index >= 15 is 0 Å². The maximum absolute atomic E-state index is 13.4. The molecular weight excluding hydrogens is 263 g/mol. The highest BCUT2D eigenvalue weighted by atomic mass is 19.1. The Hall–Kier alpha value is -2.11. The second-order valence-electron chi connectivity index (χ2n) is 4.95. The normalized spacial score (nSPS) is 10.4. The molecular formula is C14H19FN2O3. The molecule has 5 nitrogen and oxygen atoms in total. The van der Waals surface area contributed by atoms with Gasteiger partial charge in [0.15, 0.2) is 6.61 Å². The minimum absolute atomic E-state index is 0.0118. The van der Waals surface area contributed by atoms with Gasteiger partial charge in [-0.3, -0.25) is 4.79 Å². The van der Waals surface area contributed by atoms with E-state index in [2.05, 4.69) is 5.32 Å². The lowest BCUT2D eigenvalue weighted by Crippen LogP contribution is -2.31. The zero-order chi connectivity index (χ0) is 15.3. The van der Waals surface area contributed by atoms with E-state index in [0.29, 0.717) is 12.5 Å². The first-order valence-corrected chi connectivity index (χ1v) is 6.30. The van der Waals surface area contributed by atoms with E-state index in [4.69, 9.17) is 10.5 Å². The number of hydrogen-bond acceptors (Lipinski definition) is 4. The molecule has 20 heavy (non-hydrogen) atoms. The second-order valence-corrected chi connectivity index (χ2v) is 4.95. The van der Waals surface area contributed by atoms with E-state index in [1.165, 1.54) is 13.0 Å². The van der Waals surface area contributed by atoms with Crippen LogP contribution in [0.15, 0.2) is 12.1 Å². The molecule has 1 rings (SSSR count). The quantitative estimate of drug-likeness (QED) is 0.635. The van der Waals surface area contributed by atoms with Gasteiger partial charge in [-0.25, -0.2) is 9.18 Å². The first kappa shape index (κ1) is 15.9. The van der Waals surface area contributed by atoms with Gasteiger partial charge >= 0.3 is 5.97 Å². The van der Waals surface area contributed by atoms with E-state index < -0.39 is 24.3 Å². The summed E-state index contributed by atoms with van der Waals surface area (Å²) in [6.07, 6.45) is 0. The highest BCUT2D eigenvalue weighted by Crippen LogP contribution is 2.18. The summed E-state index contributed by atoms with van der Waals surface area (Å²) in [5, 5.41) is 2.61. The lowest BCUT2D eigenvalue weighted by molar-refractivity contribution is -0.124. The van der Waals surface area contributed by atoms with Crippen LogP contribution >= 0.6 is 0 Å². The van der Waals surface area contributed by atoms with Crippen LogP contribution in [-0.4, -0.2) is 25.0 Å². The number of carbonyl (C=O) groups excluding carboxylic acids is 2. The third kappa shape index (κ3) is 4.53. The minimum Gasteiger partial charge on any atom is -0.452 e. The molecule has 6 heteroatoms. The summed E-state index contributed by atoms with van der Waals surface area (Å²) in [7, 11) is 0. The molecule has 0 aliphatic carbocycles. The van der Waals surface area contributed by atoms with Gasteiger partial charge in [0.05, 0.1) is 5.56 Å². The highest BCUT2D eigenvalue weighted by Gasteiger charge is 2.14. The van der Waals surface area contributed by atoms with Crippen LogP contribution in [0, 0.1) is 18.7 Å². The zero-order valence-electron chi connectivity index (χ0n) is 11.8. The maximum atomic E-state index is 13.4. The molecule has 0 radical (unpaired) electrons. The van der Waals surface area contributed by atoms with Crippen molar-refractivity contribution >= 4 is 17.6 Å². The highest BCUT2D eigenvalue weighted by molar-refractivity contribution is 5.92. The number of carbonyl (C=O) groups is 2. The molecule has 0 aliphatic rings. The molecule has 1 aromatic rings. The molecule has 0 fully saturated rings. The second kappa shape index (κ2) is 6.88. The van der Waals surface area contributed by atoms with E-state index in [1.54, 1.807) is 0 Å². The van der Waals surface area contributed by atoms with Crippen molar-refractivity contribution in [2.45, 2.75) is 20.8 Å². The number of nitrogens with one attached hydrogen (secondary N) is 1. The molecule has 110 valence electrons. The van der Waals surface area contributed by atoms with Crippen LogP contribution in [0.5, 0.6) is 0 Å². The molecule has 1 aromatic carbocycles. The Kier molecular flexibility index (Phi) is 5.49. The molecule has 0 unspecified atom stereocenters. The fourth-order valence-electron chi connectivity index (χ4n) is 1.40. The Bertz CT molecular complexity index is 492. The summed E-state index contributed by atoms with van der Waals surface area (Å²) in [4.78, 5) is 23.1. The number of hydrogen-bond donors (Lipinski definition) is 2. The molecule has 0 atom stereocenters. The first-order chi connectivity index (χ1) is 9.31. The average molecular weight is 282 g/mol. The Labute approximate surface area is 117 Å². The number of esters is 1. The van der Waals surface area contributed by atoms with Gasteiger partial charge in [0, 0.05) is 17.8 Å². The van der Waals surface area contributed by atoms with Crippen molar-refractivity contribution in [3.05, 3.63) is 29.1 Å². The summed E-state index contributed by atoms with van der Waals surface area (Å²) >= 11 is 0. The number of amides is 1. The third-order valence-electron chi connectivity index (χ3n) is 2.66. The largest absolute Gasteiger partial charge is 0.452 e. The van der Waals surface area contributed by atoms with Crippen molar-refractivity contribution in [2.24, 2.45) is 5.92 Å². The predicted molar refractivity (Wildman–Crippen MR) is 73.7 cm³/mol. The fraction of sp³-hybridized carbons (Fsp3) is 0.429. The minimum atomic E-state index is -0.782. The van der Waals surface area contributed by atoms with E-state index in [9.17, 15) is 14.0 Å². The maximum Gasteiger partial charge on any atom is 0.338 e. The van der Waals surface area contributed by atoms with Crippen LogP contribution in [0.2, 0.25) is 0 Å². The molecule has 0 bridgehead atoms. The van der Waals surface area contributed by atoms with E-state index in [-0.39, 0.29) is 16.8 Å². The Morgan fingerprint density at radius 1 is 1.40 bits per heavy atom. The van der Waals surface area contributed by atoms with Crippen molar-refractivity contribution < 1.29 is 18.7 Å². The number of halogens is 1. The predicted octanol–water partition coefficient (Wildman–Crippen LogP) is 1.65. The zero-order valence-corrected chi connectivity index (χ0v) is 11.8. The SMILES string of the molecule is Cc1c(N)cc(C(=O)OCC(=O)NCC(C)C)cc1F. The van der Waals surface area contributed by atoms with Crippen LogP contribution < -0.4 is 11.1 Å². The Morgan fingerprint density at radius 2 is 2.05 bits per heavy atom. The lowest BCUT2D eigenvalue weighted by atomic mass is 10.1. The summed E-state index contributed by atoms with van der Waals surface area (Å²) in [5.74, 6) is -1.45. The fourth-order valence-corrected chi connectivity index (χ4v) is 1.40. The molecule has 0 spiro atoms. The average Bonchev–Trinajstić information content (AvgIpc) is 2.39.